The standard InChI is InChI=1S/C15H23NO2/c1-13(10-16-11-15-8-5-9-17-15)12-18-14-6-3-2-4-7-14/h2-4,6-7,13,15-16H,5,8-12H2,1H3/p+1/t13-,15-/m0/s1. The molecule has 0 amide bonds. The molecule has 1 fully saturated rings. The van der Waals surface area contributed by atoms with Crippen LogP contribution in [0.5, 0.6) is 5.75 Å². The van der Waals surface area contributed by atoms with Crippen LogP contribution < -0.4 is 10.1 Å². The van der Waals surface area contributed by atoms with Gasteiger partial charge in [0.1, 0.15) is 18.4 Å². The maximum absolute atomic E-state index is 5.74. The Balaban J connectivity index is 1.56. The monoisotopic (exact) mass is 250 g/mol. The highest BCUT2D eigenvalue weighted by atomic mass is 16.5. The average molecular weight is 250 g/mol. The van der Waals surface area contributed by atoms with Crippen molar-refractivity contribution in [1.29, 1.82) is 0 Å². The highest BCUT2D eigenvalue weighted by Crippen LogP contribution is 2.10. The third-order valence-electron chi connectivity index (χ3n) is 3.30. The number of ether oxygens (including phenoxy) is 2. The molecule has 0 aliphatic carbocycles. The smallest absolute Gasteiger partial charge is 0.119 e. The molecule has 3 heteroatoms. The minimum absolute atomic E-state index is 0.479. The Morgan fingerprint density at radius 1 is 1.39 bits per heavy atom. The maximum Gasteiger partial charge on any atom is 0.119 e. The van der Waals surface area contributed by atoms with Crippen molar-refractivity contribution < 1.29 is 14.8 Å². The molecular formula is C15H24NO2+. The van der Waals surface area contributed by atoms with Crippen LogP contribution in [0.3, 0.4) is 0 Å². The van der Waals surface area contributed by atoms with Gasteiger partial charge in [-0.1, -0.05) is 25.1 Å². The van der Waals surface area contributed by atoms with Crippen LogP contribution in [0.4, 0.5) is 0 Å². The van der Waals surface area contributed by atoms with Gasteiger partial charge in [0, 0.05) is 12.5 Å². The second kappa shape index (κ2) is 7.39. The Kier molecular flexibility index (Phi) is 5.49. The highest BCUT2D eigenvalue weighted by Gasteiger charge is 2.17. The van der Waals surface area contributed by atoms with Crippen molar-refractivity contribution in [2.75, 3.05) is 26.3 Å². The number of rotatable bonds is 7. The third kappa shape index (κ3) is 4.67. The number of para-hydroxylation sites is 1. The summed E-state index contributed by atoms with van der Waals surface area (Å²) < 4.78 is 11.3. The van der Waals surface area contributed by atoms with E-state index in [2.05, 4.69) is 12.2 Å². The van der Waals surface area contributed by atoms with E-state index in [0.717, 1.165) is 32.1 Å². The van der Waals surface area contributed by atoms with Gasteiger partial charge in [-0.15, -0.1) is 0 Å². The van der Waals surface area contributed by atoms with Crippen LogP contribution in [0.25, 0.3) is 0 Å². The average Bonchev–Trinajstić information content (AvgIpc) is 2.91. The fourth-order valence-corrected chi connectivity index (χ4v) is 2.22. The molecule has 1 aromatic rings. The summed E-state index contributed by atoms with van der Waals surface area (Å²) in [5.74, 6) is 1.52. The Morgan fingerprint density at radius 2 is 2.22 bits per heavy atom. The van der Waals surface area contributed by atoms with Crippen molar-refractivity contribution in [3.05, 3.63) is 30.3 Å². The van der Waals surface area contributed by atoms with Crippen LogP contribution in [0.15, 0.2) is 30.3 Å². The summed E-state index contributed by atoms with van der Waals surface area (Å²) in [6.45, 7) is 6.16. The molecule has 0 spiro atoms. The van der Waals surface area contributed by atoms with E-state index in [4.69, 9.17) is 9.47 Å². The molecule has 0 unspecified atom stereocenters. The quantitative estimate of drug-likeness (QED) is 0.795. The normalized spacial score (nSPS) is 20.8. The minimum atomic E-state index is 0.479. The van der Waals surface area contributed by atoms with E-state index in [-0.39, 0.29) is 0 Å². The van der Waals surface area contributed by atoms with Gasteiger partial charge in [-0.05, 0) is 25.0 Å². The molecule has 0 saturated carbocycles. The first-order valence-corrected chi connectivity index (χ1v) is 6.95. The molecule has 1 aliphatic heterocycles. The minimum Gasteiger partial charge on any atom is -0.493 e. The summed E-state index contributed by atoms with van der Waals surface area (Å²) in [4.78, 5) is 0. The Bertz CT molecular complexity index is 323. The van der Waals surface area contributed by atoms with Crippen molar-refractivity contribution in [3.63, 3.8) is 0 Å². The molecule has 1 aliphatic rings. The molecule has 1 saturated heterocycles. The highest BCUT2D eigenvalue weighted by molar-refractivity contribution is 5.20. The van der Waals surface area contributed by atoms with E-state index in [1.807, 2.05) is 30.3 Å². The van der Waals surface area contributed by atoms with E-state index in [1.54, 1.807) is 0 Å². The fraction of sp³-hybridized carbons (Fsp3) is 0.600. The van der Waals surface area contributed by atoms with Crippen molar-refractivity contribution >= 4 is 0 Å². The summed E-state index contributed by atoms with van der Waals surface area (Å²) in [6, 6.07) is 10.0. The topological polar surface area (TPSA) is 35.1 Å². The SMILES string of the molecule is C[C@@H](C[NH2+]C[C@@H]1CCCO1)COc1ccccc1. The molecule has 0 aromatic heterocycles. The number of hydrogen-bond donors (Lipinski definition) is 1. The lowest BCUT2D eigenvalue weighted by molar-refractivity contribution is -0.665. The Hall–Kier alpha value is -1.06. The van der Waals surface area contributed by atoms with Crippen molar-refractivity contribution in [2.24, 2.45) is 5.92 Å². The molecule has 2 atom stereocenters. The summed E-state index contributed by atoms with van der Waals surface area (Å²) in [5, 5.41) is 2.36. The molecular weight excluding hydrogens is 226 g/mol. The van der Waals surface area contributed by atoms with Crippen molar-refractivity contribution in [2.45, 2.75) is 25.9 Å². The molecule has 2 N–H and O–H groups in total. The summed E-state index contributed by atoms with van der Waals surface area (Å²) in [7, 11) is 0. The molecule has 18 heavy (non-hydrogen) atoms. The second-order valence-electron chi connectivity index (χ2n) is 5.12. The number of quaternary nitrogens is 1. The molecule has 1 aromatic carbocycles. The van der Waals surface area contributed by atoms with Crippen LogP contribution in [-0.4, -0.2) is 32.4 Å². The van der Waals surface area contributed by atoms with Crippen LogP contribution >= 0.6 is 0 Å². The predicted molar refractivity (Wildman–Crippen MR) is 71.7 cm³/mol. The van der Waals surface area contributed by atoms with Gasteiger partial charge in [-0.25, -0.2) is 0 Å². The van der Waals surface area contributed by atoms with Crippen LogP contribution in [0.1, 0.15) is 19.8 Å². The maximum atomic E-state index is 5.74. The van der Waals surface area contributed by atoms with Gasteiger partial charge in [0.2, 0.25) is 0 Å². The van der Waals surface area contributed by atoms with Gasteiger partial charge >= 0.3 is 0 Å². The van der Waals surface area contributed by atoms with Gasteiger partial charge < -0.3 is 14.8 Å². The first-order valence-electron chi connectivity index (χ1n) is 6.95. The lowest BCUT2D eigenvalue weighted by Crippen LogP contribution is -2.87. The van der Waals surface area contributed by atoms with E-state index in [1.165, 1.54) is 12.8 Å². The van der Waals surface area contributed by atoms with E-state index in [9.17, 15) is 0 Å². The lowest BCUT2D eigenvalue weighted by Gasteiger charge is -2.13. The summed E-state index contributed by atoms with van der Waals surface area (Å²) in [5.41, 5.74) is 0. The number of benzene rings is 1. The second-order valence-corrected chi connectivity index (χ2v) is 5.12. The fourth-order valence-electron chi connectivity index (χ4n) is 2.22. The molecule has 1 heterocycles. The van der Waals surface area contributed by atoms with Gasteiger partial charge in [-0.3, -0.25) is 0 Å². The summed E-state index contributed by atoms with van der Waals surface area (Å²) in [6.07, 6.45) is 2.93. The van der Waals surface area contributed by atoms with Crippen LogP contribution in [-0.2, 0) is 4.74 Å². The third-order valence-corrected chi connectivity index (χ3v) is 3.30. The molecule has 0 radical (unpaired) electrons. The number of hydrogen-bond acceptors (Lipinski definition) is 2. The molecule has 2 rings (SSSR count). The Morgan fingerprint density at radius 3 is 2.94 bits per heavy atom. The van der Waals surface area contributed by atoms with E-state index in [0.29, 0.717) is 12.0 Å². The first-order chi connectivity index (χ1) is 8.84. The zero-order chi connectivity index (χ0) is 12.6. The molecule has 0 bridgehead atoms. The summed E-state index contributed by atoms with van der Waals surface area (Å²) >= 11 is 0. The first kappa shape index (κ1) is 13.4. The van der Waals surface area contributed by atoms with Gasteiger partial charge in [-0.2, -0.15) is 0 Å². The van der Waals surface area contributed by atoms with Crippen molar-refractivity contribution in [1.82, 2.24) is 0 Å². The predicted octanol–water partition coefficient (Wildman–Crippen LogP) is 1.44. The zero-order valence-electron chi connectivity index (χ0n) is 11.2. The van der Waals surface area contributed by atoms with E-state index < -0.39 is 0 Å². The van der Waals surface area contributed by atoms with Crippen LogP contribution in [0, 0.1) is 5.92 Å². The van der Waals surface area contributed by atoms with Gasteiger partial charge in [0.05, 0.1) is 13.2 Å². The zero-order valence-corrected chi connectivity index (χ0v) is 11.2. The molecule has 3 nitrogen and oxygen atoms in total. The largest absolute Gasteiger partial charge is 0.493 e. The van der Waals surface area contributed by atoms with Gasteiger partial charge in [0.15, 0.2) is 0 Å². The van der Waals surface area contributed by atoms with Crippen molar-refractivity contribution in [3.8, 4) is 5.75 Å². The molecule has 100 valence electrons. The number of nitrogens with two attached hydrogens (primary N) is 1. The Labute approximate surface area is 109 Å². The van der Waals surface area contributed by atoms with Crippen LogP contribution in [0.2, 0.25) is 0 Å². The van der Waals surface area contributed by atoms with Gasteiger partial charge in [0.25, 0.3) is 0 Å². The lowest BCUT2D eigenvalue weighted by atomic mass is 10.2. The van der Waals surface area contributed by atoms with E-state index >= 15 is 0 Å².